The normalized spacial score (nSPS) is 10.2. The summed E-state index contributed by atoms with van der Waals surface area (Å²) in [6, 6.07) is 7.86. The fourth-order valence-electron chi connectivity index (χ4n) is 1.97. The smallest absolute Gasteiger partial charge is 0.224 e. The number of hydrogen-bond acceptors (Lipinski definition) is 5. The predicted octanol–water partition coefficient (Wildman–Crippen LogP) is 3.28. The fraction of sp³-hybridized carbons (Fsp3) is 0.333. The van der Waals surface area contributed by atoms with Gasteiger partial charge < -0.3 is 15.4 Å². The maximum atomic E-state index is 5.26. The summed E-state index contributed by atoms with van der Waals surface area (Å²) in [5.74, 6) is 2.29. The largest absolute Gasteiger partial charge is 0.496 e. The van der Waals surface area contributed by atoms with Gasteiger partial charge in [-0.3, -0.25) is 0 Å². The molecular weight excluding hydrogens is 252 g/mol. The Balaban J connectivity index is 2.23. The Labute approximate surface area is 119 Å². The van der Waals surface area contributed by atoms with Crippen LogP contribution in [0, 0.1) is 13.8 Å². The van der Waals surface area contributed by atoms with E-state index in [1.165, 1.54) is 0 Å². The van der Waals surface area contributed by atoms with Crippen molar-refractivity contribution in [3.8, 4) is 5.75 Å². The van der Waals surface area contributed by atoms with E-state index in [2.05, 4.69) is 20.6 Å². The monoisotopic (exact) mass is 272 g/mol. The predicted molar refractivity (Wildman–Crippen MR) is 81.9 cm³/mol. The topological polar surface area (TPSA) is 59.1 Å². The highest BCUT2D eigenvalue weighted by molar-refractivity contribution is 5.60. The van der Waals surface area contributed by atoms with Crippen LogP contribution in [0.4, 0.5) is 17.5 Å². The van der Waals surface area contributed by atoms with E-state index in [0.29, 0.717) is 5.95 Å². The lowest BCUT2D eigenvalue weighted by atomic mass is 10.2. The van der Waals surface area contributed by atoms with Gasteiger partial charge in [-0.2, -0.15) is 4.98 Å². The minimum Gasteiger partial charge on any atom is -0.496 e. The number of anilines is 3. The number of nitrogens with zero attached hydrogens (tertiary/aromatic N) is 2. The van der Waals surface area contributed by atoms with Gasteiger partial charge in [-0.15, -0.1) is 0 Å². The van der Waals surface area contributed by atoms with Crippen LogP contribution in [0.3, 0.4) is 0 Å². The van der Waals surface area contributed by atoms with Gasteiger partial charge in [0.1, 0.15) is 11.6 Å². The molecule has 2 aromatic rings. The Morgan fingerprint density at radius 3 is 2.60 bits per heavy atom. The Bertz CT molecular complexity index is 598. The van der Waals surface area contributed by atoms with Gasteiger partial charge in [0.2, 0.25) is 5.95 Å². The number of benzene rings is 1. The van der Waals surface area contributed by atoms with Gasteiger partial charge in [-0.05, 0) is 44.5 Å². The lowest BCUT2D eigenvalue weighted by Gasteiger charge is -2.11. The van der Waals surface area contributed by atoms with Gasteiger partial charge in [0.25, 0.3) is 0 Å². The third-order valence-corrected chi connectivity index (χ3v) is 2.86. The van der Waals surface area contributed by atoms with Crippen LogP contribution >= 0.6 is 0 Å². The highest BCUT2D eigenvalue weighted by Crippen LogP contribution is 2.24. The fourth-order valence-corrected chi connectivity index (χ4v) is 1.97. The molecule has 106 valence electrons. The molecule has 0 aliphatic heterocycles. The molecule has 0 unspecified atom stereocenters. The molecule has 0 amide bonds. The molecule has 0 saturated heterocycles. The maximum absolute atomic E-state index is 5.26. The van der Waals surface area contributed by atoms with Crippen LogP contribution in [0.25, 0.3) is 0 Å². The first kappa shape index (κ1) is 14.1. The van der Waals surface area contributed by atoms with Crippen LogP contribution < -0.4 is 15.4 Å². The zero-order valence-electron chi connectivity index (χ0n) is 12.3. The van der Waals surface area contributed by atoms with Crippen molar-refractivity contribution in [1.29, 1.82) is 0 Å². The van der Waals surface area contributed by atoms with Gasteiger partial charge in [0.05, 0.1) is 7.11 Å². The molecule has 0 radical (unpaired) electrons. The number of ether oxygens (including phenoxy) is 1. The van der Waals surface area contributed by atoms with Crippen LogP contribution in [0.1, 0.15) is 18.2 Å². The molecule has 0 saturated carbocycles. The SMILES string of the molecule is CCNc1nc(C)cc(Nc2ccc(OC)c(C)c2)n1. The summed E-state index contributed by atoms with van der Waals surface area (Å²) >= 11 is 0. The molecule has 1 aromatic heterocycles. The van der Waals surface area contributed by atoms with Crippen LogP contribution in [0.2, 0.25) is 0 Å². The standard InChI is InChI=1S/C15H20N4O/c1-5-16-15-17-11(3)9-14(19-15)18-12-6-7-13(20-4)10(2)8-12/h6-9H,5H2,1-4H3,(H2,16,17,18,19). The lowest BCUT2D eigenvalue weighted by molar-refractivity contribution is 0.412. The molecule has 1 heterocycles. The first-order chi connectivity index (χ1) is 9.62. The van der Waals surface area contributed by atoms with Gasteiger partial charge in [-0.25, -0.2) is 4.98 Å². The minimum absolute atomic E-state index is 0.639. The first-order valence-corrected chi connectivity index (χ1v) is 6.63. The van der Waals surface area contributed by atoms with Crippen molar-refractivity contribution < 1.29 is 4.74 Å². The highest BCUT2D eigenvalue weighted by atomic mass is 16.5. The minimum atomic E-state index is 0.639. The summed E-state index contributed by atoms with van der Waals surface area (Å²) in [6.45, 7) is 6.78. The number of hydrogen-bond donors (Lipinski definition) is 2. The molecule has 0 atom stereocenters. The average Bonchev–Trinajstić information content (AvgIpc) is 2.38. The van der Waals surface area contributed by atoms with Gasteiger partial charge in [-0.1, -0.05) is 0 Å². The van der Waals surface area contributed by atoms with E-state index in [1.807, 2.05) is 45.0 Å². The van der Waals surface area contributed by atoms with Crippen LogP contribution in [0.15, 0.2) is 24.3 Å². The summed E-state index contributed by atoms with van der Waals surface area (Å²) in [5, 5.41) is 6.41. The van der Waals surface area contributed by atoms with Crippen molar-refractivity contribution >= 4 is 17.5 Å². The molecule has 2 N–H and O–H groups in total. The molecule has 5 nitrogen and oxygen atoms in total. The third kappa shape index (κ3) is 3.38. The first-order valence-electron chi connectivity index (χ1n) is 6.63. The van der Waals surface area contributed by atoms with Gasteiger partial charge in [0, 0.05) is 24.0 Å². The number of methoxy groups -OCH3 is 1. The molecule has 20 heavy (non-hydrogen) atoms. The van der Waals surface area contributed by atoms with E-state index < -0.39 is 0 Å². The van der Waals surface area contributed by atoms with Crippen LogP contribution in [-0.2, 0) is 0 Å². The number of aromatic nitrogens is 2. The molecule has 1 aromatic carbocycles. The molecule has 0 fully saturated rings. The molecule has 0 aliphatic carbocycles. The maximum Gasteiger partial charge on any atom is 0.224 e. The molecule has 0 spiro atoms. The van der Waals surface area contributed by atoms with Crippen molar-refractivity contribution in [3.05, 3.63) is 35.5 Å². The Morgan fingerprint density at radius 1 is 1.15 bits per heavy atom. The van der Waals surface area contributed by atoms with E-state index >= 15 is 0 Å². The molecule has 2 rings (SSSR count). The zero-order chi connectivity index (χ0) is 14.5. The molecule has 0 aliphatic rings. The van der Waals surface area contributed by atoms with Gasteiger partial charge >= 0.3 is 0 Å². The number of aryl methyl sites for hydroxylation is 2. The second kappa shape index (κ2) is 6.23. The Morgan fingerprint density at radius 2 is 1.95 bits per heavy atom. The van der Waals surface area contributed by atoms with Crippen molar-refractivity contribution in [2.45, 2.75) is 20.8 Å². The number of rotatable bonds is 5. The molecular formula is C15H20N4O. The number of nitrogens with one attached hydrogen (secondary N) is 2. The Kier molecular flexibility index (Phi) is 4.40. The highest BCUT2D eigenvalue weighted by Gasteiger charge is 2.04. The second-order valence-corrected chi connectivity index (χ2v) is 4.56. The zero-order valence-corrected chi connectivity index (χ0v) is 12.3. The van der Waals surface area contributed by atoms with Crippen LogP contribution in [-0.4, -0.2) is 23.6 Å². The summed E-state index contributed by atoms with van der Waals surface area (Å²) in [4.78, 5) is 8.75. The molecule has 5 heteroatoms. The van der Waals surface area contributed by atoms with Crippen molar-refractivity contribution in [2.75, 3.05) is 24.3 Å². The molecule has 0 bridgehead atoms. The van der Waals surface area contributed by atoms with Crippen molar-refractivity contribution in [1.82, 2.24) is 9.97 Å². The quantitative estimate of drug-likeness (QED) is 0.874. The second-order valence-electron chi connectivity index (χ2n) is 4.56. The van der Waals surface area contributed by atoms with E-state index in [1.54, 1.807) is 7.11 Å². The van der Waals surface area contributed by atoms with Crippen LogP contribution in [0.5, 0.6) is 5.75 Å². The summed E-state index contributed by atoms with van der Waals surface area (Å²) < 4.78 is 5.26. The van der Waals surface area contributed by atoms with Crippen molar-refractivity contribution in [2.24, 2.45) is 0 Å². The van der Waals surface area contributed by atoms with E-state index in [4.69, 9.17) is 4.74 Å². The Hall–Kier alpha value is -2.30. The van der Waals surface area contributed by atoms with Gasteiger partial charge in [0.15, 0.2) is 0 Å². The van der Waals surface area contributed by atoms with E-state index in [9.17, 15) is 0 Å². The average molecular weight is 272 g/mol. The van der Waals surface area contributed by atoms with E-state index in [0.717, 1.165) is 35.1 Å². The lowest BCUT2D eigenvalue weighted by Crippen LogP contribution is -2.05. The summed E-state index contributed by atoms with van der Waals surface area (Å²) in [7, 11) is 1.67. The third-order valence-electron chi connectivity index (χ3n) is 2.86. The van der Waals surface area contributed by atoms with E-state index in [-0.39, 0.29) is 0 Å². The summed E-state index contributed by atoms with van der Waals surface area (Å²) in [6.07, 6.45) is 0. The van der Waals surface area contributed by atoms with Crippen molar-refractivity contribution in [3.63, 3.8) is 0 Å². The summed E-state index contributed by atoms with van der Waals surface area (Å²) in [5.41, 5.74) is 2.97.